The predicted molar refractivity (Wildman–Crippen MR) is 81.4 cm³/mol. The summed E-state index contributed by atoms with van der Waals surface area (Å²) in [6.07, 6.45) is 7.58. The van der Waals surface area contributed by atoms with Crippen LogP contribution in [0.2, 0.25) is 0 Å². The van der Waals surface area contributed by atoms with Crippen molar-refractivity contribution in [3.05, 3.63) is 30.0 Å². The first kappa shape index (κ1) is 13.5. The maximum absolute atomic E-state index is 14.5. The third-order valence-corrected chi connectivity index (χ3v) is 6.06. The van der Waals surface area contributed by atoms with Crippen molar-refractivity contribution in [1.82, 2.24) is 15.6 Å². The highest BCUT2D eigenvalue weighted by atomic mass is 19.1. The van der Waals surface area contributed by atoms with Gasteiger partial charge >= 0.3 is 0 Å². The fraction of sp³-hybridized carbons (Fsp3) is 0.529. The lowest BCUT2D eigenvalue weighted by Crippen LogP contribution is -2.60. The highest BCUT2D eigenvalue weighted by molar-refractivity contribution is 5.96. The SMILES string of the molecule is O=C(NC1C2CCC(CC2)[C@@]12CN2)c1ncc2occc2c1F. The predicted octanol–water partition coefficient (Wildman–Crippen LogP) is 2.23. The molecule has 2 atom stereocenters. The van der Waals surface area contributed by atoms with Gasteiger partial charge in [0.25, 0.3) is 5.91 Å². The van der Waals surface area contributed by atoms with Gasteiger partial charge in [0.1, 0.15) is 0 Å². The van der Waals surface area contributed by atoms with E-state index in [1.807, 2.05) is 0 Å². The van der Waals surface area contributed by atoms with Crippen LogP contribution >= 0.6 is 0 Å². The number of halogens is 1. The van der Waals surface area contributed by atoms with Gasteiger partial charge in [0.15, 0.2) is 17.1 Å². The van der Waals surface area contributed by atoms with E-state index in [0.29, 0.717) is 22.8 Å². The Labute approximate surface area is 132 Å². The van der Waals surface area contributed by atoms with E-state index < -0.39 is 11.7 Å². The Bertz CT molecular complexity index is 790. The minimum atomic E-state index is -0.604. The molecule has 4 fully saturated rings. The van der Waals surface area contributed by atoms with Crippen molar-refractivity contribution in [2.24, 2.45) is 11.8 Å². The number of furan rings is 1. The van der Waals surface area contributed by atoms with Crippen LogP contribution in [0.15, 0.2) is 22.9 Å². The number of carbonyl (C=O) groups is 1. The van der Waals surface area contributed by atoms with E-state index in [9.17, 15) is 9.18 Å². The molecule has 6 rings (SSSR count). The van der Waals surface area contributed by atoms with Gasteiger partial charge in [-0.3, -0.25) is 4.79 Å². The molecule has 2 N–H and O–H groups in total. The molecule has 0 aromatic carbocycles. The van der Waals surface area contributed by atoms with Gasteiger partial charge in [0.05, 0.1) is 29.4 Å². The molecular weight excluding hydrogens is 297 g/mol. The van der Waals surface area contributed by atoms with Gasteiger partial charge in [0.2, 0.25) is 0 Å². The van der Waals surface area contributed by atoms with E-state index in [1.54, 1.807) is 0 Å². The lowest BCUT2D eigenvalue weighted by atomic mass is 9.61. The van der Waals surface area contributed by atoms with E-state index in [1.165, 1.54) is 31.4 Å². The second kappa shape index (κ2) is 4.54. The summed E-state index contributed by atoms with van der Waals surface area (Å²) in [6.45, 7) is 0.954. The fourth-order valence-electron chi connectivity index (χ4n) is 4.78. The van der Waals surface area contributed by atoms with Crippen LogP contribution in [-0.2, 0) is 0 Å². The largest absolute Gasteiger partial charge is 0.463 e. The van der Waals surface area contributed by atoms with Crippen LogP contribution in [0.3, 0.4) is 0 Å². The van der Waals surface area contributed by atoms with Crippen LogP contribution in [0.4, 0.5) is 4.39 Å². The molecule has 1 saturated heterocycles. The Kier molecular flexibility index (Phi) is 2.66. The first-order chi connectivity index (χ1) is 11.2. The van der Waals surface area contributed by atoms with Crippen LogP contribution in [0.1, 0.15) is 36.2 Å². The van der Waals surface area contributed by atoms with Crippen molar-refractivity contribution < 1.29 is 13.6 Å². The second-order valence-electron chi connectivity index (χ2n) is 7.08. The molecule has 2 aromatic rings. The van der Waals surface area contributed by atoms with E-state index in [4.69, 9.17) is 4.42 Å². The number of fused-ring (bicyclic) bond motifs is 3. The summed E-state index contributed by atoms with van der Waals surface area (Å²) in [5.41, 5.74) is 0.264. The molecule has 2 aromatic heterocycles. The molecule has 6 heteroatoms. The van der Waals surface area contributed by atoms with E-state index in [2.05, 4.69) is 15.6 Å². The smallest absolute Gasteiger partial charge is 0.273 e. The van der Waals surface area contributed by atoms with Crippen LogP contribution in [-0.4, -0.2) is 29.0 Å². The van der Waals surface area contributed by atoms with E-state index >= 15 is 0 Å². The molecule has 120 valence electrons. The summed E-state index contributed by atoms with van der Waals surface area (Å²) < 4.78 is 19.6. The molecule has 1 unspecified atom stereocenters. The number of hydrogen-bond acceptors (Lipinski definition) is 4. The second-order valence-corrected chi connectivity index (χ2v) is 7.08. The third kappa shape index (κ3) is 1.81. The van der Waals surface area contributed by atoms with Crippen molar-refractivity contribution in [2.45, 2.75) is 37.3 Å². The van der Waals surface area contributed by atoms with Crippen molar-refractivity contribution in [1.29, 1.82) is 0 Å². The van der Waals surface area contributed by atoms with Gasteiger partial charge in [-0.1, -0.05) is 0 Å². The quantitative estimate of drug-likeness (QED) is 0.833. The first-order valence-electron chi connectivity index (χ1n) is 8.26. The van der Waals surface area contributed by atoms with Gasteiger partial charge in [-0.2, -0.15) is 0 Å². The number of aromatic nitrogens is 1. The third-order valence-electron chi connectivity index (χ3n) is 6.06. The number of pyridine rings is 1. The Morgan fingerprint density at radius 3 is 2.91 bits per heavy atom. The first-order valence-corrected chi connectivity index (χ1v) is 8.26. The van der Waals surface area contributed by atoms with E-state index in [0.717, 1.165) is 19.4 Å². The van der Waals surface area contributed by atoms with Crippen LogP contribution < -0.4 is 10.6 Å². The Morgan fingerprint density at radius 1 is 1.39 bits per heavy atom. The number of nitrogens with one attached hydrogen (secondary N) is 2. The number of hydrogen-bond donors (Lipinski definition) is 2. The van der Waals surface area contributed by atoms with Gasteiger partial charge in [-0.15, -0.1) is 0 Å². The summed E-state index contributed by atoms with van der Waals surface area (Å²) >= 11 is 0. The lowest BCUT2D eigenvalue weighted by molar-refractivity contribution is 0.0629. The van der Waals surface area contributed by atoms with Gasteiger partial charge < -0.3 is 15.1 Å². The van der Waals surface area contributed by atoms with Gasteiger partial charge in [0, 0.05) is 6.54 Å². The standard InChI is InChI=1S/C17H18FN3O2/c18-13-11-5-6-23-12(11)7-19-14(13)16(22)21-15-9-1-3-10(4-2-9)17(15)8-20-17/h5-7,9-10,15,20H,1-4,8H2,(H,21,22)/t9?,10?,15?,17-/m0/s1. The Hall–Kier alpha value is -1.95. The Balaban J connectivity index is 1.45. The summed E-state index contributed by atoms with van der Waals surface area (Å²) in [6, 6.07) is 1.61. The minimum absolute atomic E-state index is 0.0487. The fourth-order valence-corrected chi connectivity index (χ4v) is 4.78. The summed E-state index contributed by atoms with van der Waals surface area (Å²) in [5, 5.41) is 6.87. The molecule has 3 heterocycles. The molecule has 1 amide bonds. The number of amides is 1. The van der Waals surface area contributed by atoms with Crippen LogP contribution in [0.5, 0.6) is 0 Å². The summed E-state index contributed by atoms with van der Waals surface area (Å²) in [4.78, 5) is 16.6. The monoisotopic (exact) mass is 315 g/mol. The number of rotatable bonds is 2. The minimum Gasteiger partial charge on any atom is -0.463 e. The molecule has 23 heavy (non-hydrogen) atoms. The molecule has 1 spiro atoms. The maximum Gasteiger partial charge on any atom is 0.273 e. The molecule has 1 aliphatic heterocycles. The average molecular weight is 315 g/mol. The topological polar surface area (TPSA) is 77.1 Å². The molecule has 4 aliphatic rings. The molecule has 3 aliphatic carbocycles. The normalized spacial score (nSPS) is 34.9. The summed E-state index contributed by atoms with van der Waals surface area (Å²) in [5.74, 6) is 0.0929. The molecule has 5 nitrogen and oxygen atoms in total. The zero-order valence-corrected chi connectivity index (χ0v) is 12.6. The highest BCUT2D eigenvalue weighted by Crippen LogP contribution is 2.51. The molecular formula is C17H18FN3O2. The average Bonchev–Trinajstić information content (AvgIpc) is 3.18. The Morgan fingerprint density at radius 2 is 2.17 bits per heavy atom. The maximum atomic E-state index is 14.5. The molecule has 0 radical (unpaired) electrons. The van der Waals surface area contributed by atoms with Crippen molar-refractivity contribution in [3.8, 4) is 0 Å². The molecule has 3 saturated carbocycles. The van der Waals surface area contributed by atoms with Crippen molar-refractivity contribution in [2.75, 3.05) is 6.54 Å². The van der Waals surface area contributed by atoms with Crippen LogP contribution in [0.25, 0.3) is 11.0 Å². The summed E-state index contributed by atoms with van der Waals surface area (Å²) in [7, 11) is 0. The highest BCUT2D eigenvalue weighted by Gasteiger charge is 2.61. The number of nitrogens with zero attached hydrogens (tertiary/aromatic N) is 1. The van der Waals surface area contributed by atoms with Crippen LogP contribution in [0, 0.1) is 17.7 Å². The molecule has 2 bridgehead atoms. The number of carbonyl (C=O) groups excluding carboxylic acids is 1. The van der Waals surface area contributed by atoms with Gasteiger partial charge in [-0.25, -0.2) is 9.37 Å². The lowest BCUT2D eigenvalue weighted by Gasteiger charge is -2.48. The zero-order valence-electron chi connectivity index (χ0n) is 12.6. The van der Waals surface area contributed by atoms with E-state index in [-0.39, 0.29) is 17.3 Å². The van der Waals surface area contributed by atoms with Crippen molar-refractivity contribution in [3.63, 3.8) is 0 Å². The van der Waals surface area contributed by atoms with Crippen molar-refractivity contribution >= 4 is 16.9 Å². The zero-order chi connectivity index (χ0) is 15.6. The van der Waals surface area contributed by atoms with Gasteiger partial charge in [-0.05, 0) is 43.6 Å².